The van der Waals surface area contributed by atoms with Gasteiger partial charge in [0.05, 0.1) is 11.9 Å². The van der Waals surface area contributed by atoms with Gasteiger partial charge in [0.1, 0.15) is 12.6 Å². The number of benzene rings is 2. The summed E-state index contributed by atoms with van der Waals surface area (Å²) in [6.45, 7) is 5.00. The Morgan fingerprint density at radius 2 is 1.77 bits per heavy atom. The van der Waals surface area contributed by atoms with E-state index in [1.807, 2.05) is 25.1 Å². The first kappa shape index (κ1) is 27.0. The van der Waals surface area contributed by atoms with Crippen molar-refractivity contribution in [3.05, 3.63) is 64.2 Å². The molecule has 1 fully saturated rings. The standard InChI is InChI=1S/C26H34ClN3O4S/c1-18-13-14-19(2)24(15-18)30(35(4,33)34)17-25(31)29(16-21-9-5-8-12-23(21)27)20(3)26(32)28-22-10-6-7-11-22/h5,8-9,12-15,20,22H,6-7,10-11,16-17H2,1-4H3,(H,28,32)/t20-/m0/s1. The van der Waals surface area contributed by atoms with Crippen molar-refractivity contribution in [2.45, 2.75) is 65.1 Å². The van der Waals surface area contributed by atoms with Crippen molar-refractivity contribution >= 4 is 39.1 Å². The van der Waals surface area contributed by atoms with Crippen LogP contribution < -0.4 is 9.62 Å². The van der Waals surface area contributed by atoms with E-state index in [1.54, 1.807) is 38.1 Å². The number of sulfonamides is 1. The largest absolute Gasteiger partial charge is 0.352 e. The van der Waals surface area contributed by atoms with Crippen LogP contribution in [0.4, 0.5) is 5.69 Å². The van der Waals surface area contributed by atoms with Crippen molar-refractivity contribution in [3.63, 3.8) is 0 Å². The van der Waals surface area contributed by atoms with Crippen LogP contribution in [-0.2, 0) is 26.2 Å². The second kappa shape index (κ2) is 11.4. The molecule has 0 bridgehead atoms. The summed E-state index contributed by atoms with van der Waals surface area (Å²) in [7, 11) is -3.77. The summed E-state index contributed by atoms with van der Waals surface area (Å²) in [5.74, 6) is -0.736. The minimum Gasteiger partial charge on any atom is -0.352 e. The summed E-state index contributed by atoms with van der Waals surface area (Å²) in [5.41, 5.74) is 2.74. The lowest BCUT2D eigenvalue weighted by Gasteiger charge is -2.32. The van der Waals surface area contributed by atoms with E-state index in [0.29, 0.717) is 16.3 Å². The van der Waals surface area contributed by atoms with Crippen LogP contribution in [0.5, 0.6) is 0 Å². The molecule has 9 heteroatoms. The minimum absolute atomic E-state index is 0.0855. The average molecular weight is 520 g/mol. The Bertz CT molecular complexity index is 1180. The van der Waals surface area contributed by atoms with Crippen molar-refractivity contribution in [2.24, 2.45) is 0 Å². The van der Waals surface area contributed by atoms with Crippen molar-refractivity contribution in [1.82, 2.24) is 10.2 Å². The van der Waals surface area contributed by atoms with Gasteiger partial charge < -0.3 is 10.2 Å². The lowest BCUT2D eigenvalue weighted by Crippen LogP contribution is -2.52. The monoisotopic (exact) mass is 519 g/mol. The summed E-state index contributed by atoms with van der Waals surface area (Å²) in [4.78, 5) is 28.2. The number of nitrogens with one attached hydrogen (secondary N) is 1. The van der Waals surface area contributed by atoms with Gasteiger partial charge in [0, 0.05) is 17.6 Å². The second-order valence-electron chi connectivity index (χ2n) is 9.34. The van der Waals surface area contributed by atoms with Crippen molar-refractivity contribution < 1.29 is 18.0 Å². The second-order valence-corrected chi connectivity index (χ2v) is 11.7. The minimum atomic E-state index is -3.77. The number of hydrogen-bond donors (Lipinski definition) is 1. The maximum Gasteiger partial charge on any atom is 0.244 e. The van der Waals surface area contributed by atoms with Crippen LogP contribution in [0.1, 0.15) is 49.3 Å². The Labute approximate surface area is 213 Å². The molecule has 0 radical (unpaired) electrons. The molecule has 7 nitrogen and oxygen atoms in total. The van der Waals surface area contributed by atoms with Gasteiger partial charge in [0.2, 0.25) is 21.8 Å². The van der Waals surface area contributed by atoms with E-state index < -0.39 is 28.5 Å². The summed E-state index contributed by atoms with van der Waals surface area (Å²) in [5, 5.41) is 3.52. The van der Waals surface area contributed by atoms with E-state index in [4.69, 9.17) is 11.6 Å². The molecular formula is C26H34ClN3O4S. The number of halogens is 1. The molecule has 35 heavy (non-hydrogen) atoms. The van der Waals surface area contributed by atoms with E-state index in [1.165, 1.54) is 4.90 Å². The summed E-state index contributed by atoms with van der Waals surface area (Å²) in [6, 6.07) is 11.9. The summed E-state index contributed by atoms with van der Waals surface area (Å²) in [6.07, 6.45) is 5.06. The van der Waals surface area contributed by atoms with E-state index in [0.717, 1.165) is 47.4 Å². The smallest absolute Gasteiger partial charge is 0.244 e. The van der Waals surface area contributed by atoms with Crippen molar-refractivity contribution in [1.29, 1.82) is 0 Å². The highest BCUT2D eigenvalue weighted by atomic mass is 35.5. The Hall–Kier alpha value is -2.58. The number of hydrogen-bond acceptors (Lipinski definition) is 4. The number of carbonyl (C=O) groups is 2. The van der Waals surface area contributed by atoms with Gasteiger partial charge in [-0.25, -0.2) is 8.42 Å². The average Bonchev–Trinajstić information content (AvgIpc) is 3.30. The molecular weight excluding hydrogens is 486 g/mol. The highest BCUT2D eigenvalue weighted by Gasteiger charge is 2.32. The van der Waals surface area contributed by atoms with Gasteiger partial charge >= 0.3 is 0 Å². The summed E-state index contributed by atoms with van der Waals surface area (Å²) < 4.78 is 26.6. The van der Waals surface area contributed by atoms with Gasteiger partial charge in [-0.05, 0) is 62.4 Å². The third kappa shape index (κ3) is 6.98. The predicted octanol–water partition coefficient (Wildman–Crippen LogP) is 4.20. The zero-order valence-corrected chi connectivity index (χ0v) is 22.3. The molecule has 0 heterocycles. The quantitative estimate of drug-likeness (QED) is 0.538. The van der Waals surface area contributed by atoms with Gasteiger partial charge in [-0.1, -0.05) is 54.8 Å². The molecule has 2 amide bonds. The highest BCUT2D eigenvalue weighted by molar-refractivity contribution is 7.92. The zero-order valence-electron chi connectivity index (χ0n) is 20.8. The Morgan fingerprint density at radius 1 is 1.11 bits per heavy atom. The molecule has 0 spiro atoms. The third-order valence-corrected chi connectivity index (χ3v) is 7.98. The van der Waals surface area contributed by atoms with Crippen molar-refractivity contribution in [3.8, 4) is 0 Å². The van der Waals surface area contributed by atoms with E-state index in [-0.39, 0.29) is 18.5 Å². The molecule has 1 aliphatic rings. The Morgan fingerprint density at radius 3 is 2.40 bits per heavy atom. The van der Waals surface area contributed by atoms with E-state index in [9.17, 15) is 18.0 Å². The van der Waals surface area contributed by atoms with E-state index in [2.05, 4.69) is 5.32 Å². The molecule has 2 aromatic rings. The Kier molecular flexibility index (Phi) is 8.83. The highest BCUT2D eigenvalue weighted by Crippen LogP contribution is 2.25. The van der Waals surface area contributed by atoms with Crippen LogP contribution in [0.25, 0.3) is 0 Å². The first-order chi connectivity index (χ1) is 16.5. The van der Waals surface area contributed by atoms with E-state index >= 15 is 0 Å². The zero-order chi connectivity index (χ0) is 25.8. The maximum atomic E-state index is 13.7. The number of amides is 2. The van der Waals surface area contributed by atoms with Gasteiger partial charge in [-0.15, -0.1) is 0 Å². The molecule has 2 aromatic carbocycles. The van der Waals surface area contributed by atoms with Crippen LogP contribution in [0.2, 0.25) is 5.02 Å². The fraction of sp³-hybridized carbons (Fsp3) is 0.462. The van der Waals surface area contributed by atoms with Gasteiger partial charge in [-0.2, -0.15) is 0 Å². The SMILES string of the molecule is Cc1ccc(C)c(N(CC(=O)N(Cc2ccccc2Cl)[C@@H](C)C(=O)NC2CCCC2)S(C)(=O)=O)c1. The number of rotatable bonds is 9. The lowest BCUT2D eigenvalue weighted by atomic mass is 10.1. The van der Waals surface area contributed by atoms with Crippen LogP contribution in [0, 0.1) is 13.8 Å². The molecule has 1 N–H and O–H groups in total. The molecule has 0 saturated heterocycles. The number of carbonyl (C=O) groups excluding carboxylic acids is 2. The molecule has 0 unspecified atom stereocenters. The lowest BCUT2D eigenvalue weighted by molar-refractivity contribution is -0.139. The molecule has 1 atom stereocenters. The third-order valence-electron chi connectivity index (χ3n) is 6.48. The molecule has 0 aromatic heterocycles. The summed E-state index contributed by atoms with van der Waals surface area (Å²) >= 11 is 6.36. The molecule has 190 valence electrons. The molecule has 1 aliphatic carbocycles. The number of nitrogens with zero attached hydrogens (tertiary/aromatic N) is 2. The molecule has 3 rings (SSSR count). The number of anilines is 1. The fourth-order valence-electron chi connectivity index (χ4n) is 4.37. The van der Waals surface area contributed by atoms with Crippen molar-refractivity contribution in [2.75, 3.05) is 17.1 Å². The van der Waals surface area contributed by atoms with Gasteiger partial charge in [-0.3, -0.25) is 13.9 Å². The Balaban J connectivity index is 1.92. The maximum absolute atomic E-state index is 13.7. The first-order valence-corrected chi connectivity index (χ1v) is 14.1. The van der Waals surface area contributed by atoms with Crippen LogP contribution in [0.15, 0.2) is 42.5 Å². The first-order valence-electron chi connectivity index (χ1n) is 11.9. The molecule has 0 aliphatic heterocycles. The van der Waals surface area contributed by atoms with Crippen LogP contribution >= 0.6 is 11.6 Å². The topological polar surface area (TPSA) is 86.8 Å². The normalized spacial score (nSPS) is 15.0. The fourth-order valence-corrected chi connectivity index (χ4v) is 5.46. The van der Waals surface area contributed by atoms with Crippen LogP contribution in [-0.4, -0.2) is 50.0 Å². The van der Waals surface area contributed by atoms with Gasteiger partial charge in [0.25, 0.3) is 0 Å². The van der Waals surface area contributed by atoms with Crippen LogP contribution in [0.3, 0.4) is 0 Å². The number of aryl methyl sites for hydroxylation is 2. The predicted molar refractivity (Wildman–Crippen MR) is 140 cm³/mol. The van der Waals surface area contributed by atoms with Gasteiger partial charge in [0.15, 0.2) is 0 Å². The molecule has 1 saturated carbocycles.